The molecule has 0 aromatic heterocycles. The van der Waals surface area contributed by atoms with Crippen molar-refractivity contribution in [3.8, 4) is 5.75 Å². The lowest BCUT2D eigenvalue weighted by Gasteiger charge is -2.19. The van der Waals surface area contributed by atoms with Crippen LogP contribution in [-0.4, -0.2) is 50.6 Å². The summed E-state index contributed by atoms with van der Waals surface area (Å²) >= 11 is 0. The predicted octanol–water partition coefficient (Wildman–Crippen LogP) is 2.83. The van der Waals surface area contributed by atoms with Gasteiger partial charge in [-0.15, -0.1) is 0 Å². The van der Waals surface area contributed by atoms with E-state index in [1.54, 1.807) is 26.0 Å². The summed E-state index contributed by atoms with van der Waals surface area (Å²) in [5.74, 6) is 1.60. The van der Waals surface area contributed by atoms with E-state index in [2.05, 4.69) is 15.6 Å². The first-order valence-corrected chi connectivity index (χ1v) is 9.38. The average Bonchev–Trinajstić information content (AvgIpc) is 2.69. The molecule has 6 heteroatoms. The fourth-order valence-corrected chi connectivity index (χ4v) is 2.62. The lowest BCUT2D eigenvalue weighted by Crippen LogP contribution is -2.41. The van der Waals surface area contributed by atoms with E-state index in [0.29, 0.717) is 24.6 Å². The Bertz CT molecular complexity index is 800. The van der Waals surface area contributed by atoms with E-state index in [9.17, 15) is 4.79 Å². The molecule has 6 nitrogen and oxygen atoms in total. The summed E-state index contributed by atoms with van der Waals surface area (Å²) in [5, 5.41) is 6.55. The number of carbonyl (C=O) groups excluding carboxylic acids is 1. The van der Waals surface area contributed by atoms with E-state index in [-0.39, 0.29) is 12.0 Å². The number of amides is 1. The molecule has 0 radical (unpaired) electrons. The fourth-order valence-electron chi connectivity index (χ4n) is 2.62. The molecule has 0 heterocycles. The van der Waals surface area contributed by atoms with Gasteiger partial charge in [-0.1, -0.05) is 30.3 Å². The molecule has 0 spiro atoms. The minimum absolute atomic E-state index is 0.000346. The summed E-state index contributed by atoms with van der Waals surface area (Å²) < 4.78 is 5.98. The van der Waals surface area contributed by atoms with Crippen molar-refractivity contribution in [1.29, 1.82) is 0 Å². The molecule has 28 heavy (non-hydrogen) atoms. The lowest BCUT2D eigenvalue weighted by atomic mass is 10.1. The van der Waals surface area contributed by atoms with Gasteiger partial charge in [0.1, 0.15) is 11.9 Å². The smallest absolute Gasteiger partial charge is 0.253 e. The molecule has 0 saturated carbocycles. The number of hydrogen-bond donors (Lipinski definition) is 2. The van der Waals surface area contributed by atoms with Crippen molar-refractivity contribution in [1.82, 2.24) is 15.5 Å². The number of ether oxygens (including phenoxy) is 1. The Morgan fingerprint density at radius 2 is 1.79 bits per heavy atom. The zero-order valence-corrected chi connectivity index (χ0v) is 17.3. The van der Waals surface area contributed by atoms with Crippen LogP contribution < -0.4 is 15.4 Å². The van der Waals surface area contributed by atoms with Crippen LogP contribution in [0.25, 0.3) is 0 Å². The molecule has 0 bridgehead atoms. The van der Waals surface area contributed by atoms with Crippen LogP contribution in [0.1, 0.15) is 28.4 Å². The Kier molecular flexibility index (Phi) is 7.87. The summed E-state index contributed by atoms with van der Waals surface area (Å²) in [5.41, 5.74) is 2.87. The number of hydrogen-bond acceptors (Lipinski definition) is 3. The molecule has 2 rings (SSSR count). The highest BCUT2D eigenvalue weighted by Gasteiger charge is 2.09. The van der Waals surface area contributed by atoms with E-state index in [0.717, 1.165) is 16.9 Å². The normalized spacial score (nSPS) is 12.2. The first kappa shape index (κ1) is 21.3. The molecule has 0 fully saturated rings. The third-order valence-corrected chi connectivity index (χ3v) is 4.27. The molecule has 0 saturated heterocycles. The summed E-state index contributed by atoms with van der Waals surface area (Å²) in [6, 6.07) is 15.6. The minimum atomic E-state index is -0.00372. The van der Waals surface area contributed by atoms with Crippen molar-refractivity contribution in [2.75, 3.05) is 27.7 Å². The highest BCUT2D eigenvalue weighted by molar-refractivity contribution is 5.93. The average molecular weight is 383 g/mol. The van der Waals surface area contributed by atoms with Crippen LogP contribution in [0, 0.1) is 6.92 Å². The first-order chi connectivity index (χ1) is 13.4. The third kappa shape index (κ3) is 6.30. The number of para-hydroxylation sites is 1. The second-order valence-electron chi connectivity index (χ2n) is 6.90. The van der Waals surface area contributed by atoms with E-state index in [1.165, 1.54) is 0 Å². The Balaban J connectivity index is 1.81. The van der Waals surface area contributed by atoms with E-state index in [4.69, 9.17) is 4.74 Å². The molecule has 2 aromatic carbocycles. The van der Waals surface area contributed by atoms with Gasteiger partial charge in [-0.3, -0.25) is 9.79 Å². The molecule has 1 unspecified atom stereocenters. The number of aryl methyl sites for hydroxylation is 1. The largest absolute Gasteiger partial charge is 0.489 e. The van der Waals surface area contributed by atoms with E-state index >= 15 is 0 Å². The quantitative estimate of drug-likeness (QED) is 0.571. The lowest BCUT2D eigenvalue weighted by molar-refractivity contribution is 0.0827. The van der Waals surface area contributed by atoms with Crippen LogP contribution >= 0.6 is 0 Å². The van der Waals surface area contributed by atoms with Crippen molar-refractivity contribution in [2.24, 2.45) is 4.99 Å². The molecule has 0 aliphatic heterocycles. The molecule has 0 aliphatic rings. The van der Waals surface area contributed by atoms with Gasteiger partial charge in [0.2, 0.25) is 0 Å². The molecular weight excluding hydrogens is 352 g/mol. The van der Waals surface area contributed by atoms with Gasteiger partial charge in [0.05, 0.1) is 6.54 Å². The van der Waals surface area contributed by atoms with Crippen LogP contribution in [0.15, 0.2) is 53.5 Å². The third-order valence-electron chi connectivity index (χ3n) is 4.27. The molecule has 1 atom stereocenters. The van der Waals surface area contributed by atoms with E-state index in [1.807, 2.05) is 62.4 Å². The maximum Gasteiger partial charge on any atom is 0.253 e. The van der Waals surface area contributed by atoms with Gasteiger partial charge in [0, 0.05) is 33.3 Å². The number of rotatable bonds is 7. The molecule has 2 aromatic rings. The van der Waals surface area contributed by atoms with Gasteiger partial charge in [0.15, 0.2) is 5.96 Å². The standard InChI is InChI=1S/C22H30N4O2/c1-16-8-6-7-9-20(16)28-17(2)14-24-22(23-3)25-15-18-10-12-19(13-11-18)21(27)26(4)5/h6-13,17H,14-15H2,1-5H3,(H2,23,24,25). The highest BCUT2D eigenvalue weighted by atomic mass is 16.5. The summed E-state index contributed by atoms with van der Waals surface area (Å²) in [4.78, 5) is 17.8. The number of nitrogens with zero attached hydrogens (tertiary/aromatic N) is 2. The number of nitrogens with one attached hydrogen (secondary N) is 2. The van der Waals surface area contributed by atoms with Crippen LogP contribution in [0.4, 0.5) is 0 Å². The Morgan fingerprint density at radius 1 is 1.11 bits per heavy atom. The highest BCUT2D eigenvalue weighted by Crippen LogP contribution is 2.17. The zero-order valence-electron chi connectivity index (χ0n) is 17.3. The second kappa shape index (κ2) is 10.3. The van der Waals surface area contributed by atoms with Gasteiger partial charge < -0.3 is 20.3 Å². The van der Waals surface area contributed by atoms with Crippen molar-refractivity contribution >= 4 is 11.9 Å². The topological polar surface area (TPSA) is 66.0 Å². The van der Waals surface area contributed by atoms with Crippen LogP contribution in [0.5, 0.6) is 5.75 Å². The maximum atomic E-state index is 11.9. The monoisotopic (exact) mass is 382 g/mol. The van der Waals surface area contributed by atoms with Gasteiger partial charge in [-0.2, -0.15) is 0 Å². The van der Waals surface area contributed by atoms with Crippen LogP contribution in [0.2, 0.25) is 0 Å². The van der Waals surface area contributed by atoms with Crippen molar-refractivity contribution in [2.45, 2.75) is 26.5 Å². The Morgan fingerprint density at radius 3 is 2.39 bits per heavy atom. The van der Waals surface area contributed by atoms with Crippen molar-refractivity contribution in [3.05, 3.63) is 65.2 Å². The summed E-state index contributed by atoms with van der Waals surface area (Å²) in [6.07, 6.45) is -0.00372. The predicted molar refractivity (Wildman–Crippen MR) is 114 cm³/mol. The number of carbonyl (C=O) groups is 1. The van der Waals surface area contributed by atoms with Crippen molar-refractivity contribution < 1.29 is 9.53 Å². The van der Waals surface area contributed by atoms with Gasteiger partial charge in [0.25, 0.3) is 5.91 Å². The van der Waals surface area contributed by atoms with Crippen LogP contribution in [-0.2, 0) is 6.54 Å². The molecule has 1 amide bonds. The van der Waals surface area contributed by atoms with Gasteiger partial charge in [-0.05, 0) is 43.2 Å². The summed E-state index contributed by atoms with van der Waals surface area (Å²) in [7, 11) is 5.23. The minimum Gasteiger partial charge on any atom is -0.489 e. The molecular formula is C22H30N4O2. The van der Waals surface area contributed by atoms with Crippen LogP contribution in [0.3, 0.4) is 0 Å². The van der Waals surface area contributed by atoms with Gasteiger partial charge in [-0.25, -0.2) is 0 Å². The summed E-state index contributed by atoms with van der Waals surface area (Å²) in [6.45, 7) is 5.30. The maximum absolute atomic E-state index is 11.9. The number of aliphatic imine (C=N–C) groups is 1. The fraction of sp³-hybridized carbons (Fsp3) is 0.364. The number of guanidine groups is 1. The van der Waals surface area contributed by atoms with Crippen molar-refractivity contribution in [3.63, 3.8) is 0 Å². The first-order valence-electron chi connectivity index (χ1n) is 9.38. The zero-order chi connectivity index (χ0) is 20.5. The Hall–Kier alpha value is -3.02. The second-order valence-corrected chi connectivity index (χ2v) is 6.90. The SMILES string of the molecule is CN=C(NCc1ccc(C(=O)N(C)C)cc1)NCC(C)Oc1ccccc1C. The molecule has 0 aliphatic carbocycles. The molecule has 150 valence electrons. The van der Waals surface area contributed by atoms with Gasteiger partial charge >= 0.3 is 0 Å². The molecule has 2 N–H and O–H groups in total. The number of benzene rings is 2. The Labute approximate surface area is 167 Å². The van der Waals surface area contributed by atoms with E-state index < -0.39 is 0 Å².